The molecule has 0 fully saturated rings. The van der Waals surface area contributed by atoms with Gasteiger partial charge in [-0.05, 0) is 55.5 Å². The summed E-state index contributed by atoms with van der Waals surface area (Å²) in [4.78, 5) is 41.4. The number of rotatable bonds is 6. The molecule has 0 bridgehead atoms. The highest BCUT2D eigenvalue weighted by molar-refractivity contribution is 7.16. The molecule has 4 aromatic heterocycles. The second kappa shape index (κ2) is 9.47. The van der Waals surface area contributed by atoms with Crippen LogP contribution in [-0.2, 0) is 16.1 Å². The van der Waals surface area contributed by atoms with Crippen molar-refractivity contribution in [1.29, 1.82) is 0 Å². The van der Waals surface area contributed by atoms with Crippen molar-refractivity contribution in [3.63, 3.8) is 0 Å². The standard InChI is InChI=1S/C28H24N4O3S/c1-16-24(18(3)33)26(23-15-36-27-22(23)7-5-9-31-27)25(28(34)35)17(2)32(16)14-19-10-21(13-30-11-19)20-6-4-8-29-12-20/h4-13,15,26H,14H2,1-3H3,(H,34,35). The molecular weight excluding hydrogens is 472 g/mol. The van der Waals surface area contributed by atoms with Gasteiger partial charge >= 0.3 is 5.97 Å². The molecule has 5 heterocycles. The normalized spacial score (nSPS) is 16.1. The fourth-order valence-electron chi connectivity index (χ4n) is 4.95. The van der Waals surface area contributed by atoms with Crippen LogP contribution in [0, 0.1) is 0 Å². The van der Waals surface area contributed by atoms with E-state index >= 15 is 0 Å². The van der Waals surface area contributed by atoms with Gasteiger partial charge < -0.3 is 10.0 Å². The van der Waals surface area contributed by atoms with Crippen LogP contribution in [0.25, 0.3) is 21.3 Å². The molecular formula is C28H24N4O3S. The summed E-state index contributed by atoms with van der Waals surface area (Å²) in [5, 5.41) is 13.2. The van der Waals surface area contributed by atoms with Crippen molar-refractivity contribution in [3.8, 4) is 11.1 Å². The van der Waals surface area contributed by atoms with Crippen molar-refractivity contribution < 1.29 is 14.7 Å². The minimum absolute atomic E-state index is 0.153. The van der Waals surface area contributed by atoms with E-state index in [2.05, 4.69) is 15.0 Å². The van der Waals surface area contributed by atoms with Crippen molar-refractivity contribution in [3.05, 3.63) is 100 Å². The Morgan fingerprint density at radius 3 is 2.47 bits per heavy atom. The number of hydrogen-bond donors (Lipinski definition) is 1. The fraction of sp³-hybridized carbons (Fsp3) is 0.179. The first-order chi connectivity index (χ1) is 17.4. The Morgan fingerprint density at radius 2 is 1.75 bits per heavy atom. The predicted octanol–water partition coefficient (Wildman–Crippen LogP) is 5.57. The Morgan fingerprint density at radius 1 is 1.00 bits per heavy atom. The fourth-order valence-corrected chi connectivity index (χ4v) is 5.88. The van der Waals surface area contributed by atoms with Crippen molar-refractivity contribution >= 4 is 33.3 Å². The lowest BCUT2D eigenvalue weighted by Crippen LogP contribution is -2.33. The number of carboxylic acid groups (broad SMARTS) is 1. The van der Waals surface area contributed by atoms with Crippen LogP contribution in [0.5, 0.6) is 0 Å². The van der Waals surface area contributed by atoms with E-state index in [1.54, 1.807) is 31.0 Å². The van der Waals surface area contributed by atoms with E-state index < -0.39 is 11.9 Å². The van der Waals surface area contributed by atoms with E-state index in [9.17, 15) is 14.7 Å². The Balaban J connectivity index is 1.62. The monoisotopic (exact) mass is 496 g/mol. The third-order valence-electron chi connectivity index (χ3n) is 6.60. The molecule has 1 N–H and O–H groups in total. The molecule has 0 saturated carbocycles. The van der Waals surface area contributed by atoms with E-state index in [-0.39, 0.29) is 11.4 Å². The summed E-state index contributed by atoms with van der Waals surface area (Å²) in [5.41, 5.74) is 5.58. The van der Waals surface area contributed by atoms with E-state index in [1.165, 1.54) is 18.3 Å². The van der Waals surface area contributed by atoms with Crippen LogP contribution in [0.4, 0.5) is 0 Å². The van der Waals surface area contributed by atoms with Crippen molar-refractivity contribution in [2.45, 2.75) is 33.2 Å². The molecule has 0 aliphatic carbocycles. The van der Waals surface area contributed by atoms with Crippen molar-refractivity contribution in [2.24, 2.45) is 0 Å². The van der Waals surface area contributed by atoms with Gasteiger partial charge in [0.2, 0.25) is 0 Å². The van der Waals surface area contributed by atoms with Gasteiger partial charge in [0.15, 0.2) is 5.78 Å². The van der Waals surface area contributed by atoms with Gasteiger partial charge in [0.05, 0.1) is 5.57 Å². The lowest BCUT2D eigenvalue weighted by molar-refractivity contribution is -0.133. The highest BCUT2D eigenvalue weighted by atomic mass is 32.1. The van der Waals surface area contributed by atoms with E-state index in [1.807, 2.05) is 54.5 Å². The number of carboxylic acids is 1. The molecule has 0 aromatic carbocycles. The number of thiophene rings is 1. The number of allylic oxidation sites excluding steroid dienone is 3. The molecule has 0 spiro atoms. The van der Waals surface area contributed by atoms with Gasteiger partial charge in [0.25, 0.3) is 0 Å². The number of pyridine rings is 3. The Kier molecular flexibility index (Phi) is 6.20. The molecule has 0 radical (unpaired) electrons. The molecule has 36 heavy (non-hydrogen) atoms. The summed E-state index contributed by atoms with van der Waals surface area (Å²) in [5.74, 6) is -1.87. The third-order valence-corrected chi connectivity index (χ3v) is 7.52. The van der Waals surface area contributed by atoms with Gasteiger partial charge in [-0.15, -0.1) is 11.3 Å². The summed E-state index contributed by atoms with van der Waals surface area (Å²) >= 11 is 1.45. The van der Waals surface area contributed by atoms with E-state index in [4.69, 9.17) is 0 Å². The second-order valence-electron chi connectivity index (χ2n) is 8.75. The highest BCUT2D eigenvalue weighted by Gasteiger charge is 2.39. The third kappa shape index (κ3) is 4.09. The molecule has 0 saturated heterocycles. The van der Waals surface area contributed by atoms with Crippen LogP contribution >= 0.6 is 11.3 Å². The zero-order chi connectivity index (χ0) is 25.4. The number of carbonyl (C=O) groups is 2. The molecule has 1 atom stereocenters. The Bertz CT molecular complexity index is 1520. The first-order valence-electron chi connectivity index (χ1n) is 11.5. The summed E-state index contributed by atoms with van der Waals surface area (Å²) in [6, 6.07) is 9.61. The average Bonchev–Trinajstić information content (AvgIpc) is 3.30. The summed E-state index contributed by atoms with van der Waals surface area (Å²) < 4.78 is 0. The lowest BCUT2D eigenvalue weighted by Gasteiger charge is -2.37. The predicted molar refractivity (Wildman–Crippen MR) is 139 cm³/mol. The van der Waals surface area contributed by atoms with E-state index in [0.29, 0.717) is 17.8 Å². The minimum atomic E-state index is -1.04. The van der Waals surface area contributed by atoms with Crippen LogP contribution in [0.3, 0.4) is 0 Å². The number of ketones is 1. The van der Waals surface area contributed by atoms with Crippen LogP contribution in [0.2, 0.25) is 0 Å². The molecule has 7 nitrogen and oxygen atoms in total. The zero-order valence-electron chi connectivity index (χ0n) is 20.1. The maximum atomic E-state index is 13.0. The summed E-state index contributed by atoms with van der Waals surface area (Å²) in [6.07, 6.45) is 8.75. The first-order valence-corrected chi connectivity index (χ1v) is 12.3. The van der Waals surface area contributed by atoms with Gasteiger partial charge in [-0.3, -0.25) is 14.8 Å². The van der Waals surface area contributed by atoms with Crippen molar-refractivity contribution in [2.75, 3.05) is 0 Å². The molecule has 4 aromatic rings. The highest BCUT2D eigenvalue weighted by Crippen LogP contribution is 2.46. The largest absolute Gasteiger partial charge is 0.478 e. The lowest BCUT2D eigenvalue weighted by atomic mass is 9.78. The van der Waals surface area contributed by atoms with Gasteiger partial charge in [-0.25, -0.2) is 9.78 Å². The van der Waals surface area contributed by atoms with Gasteiger partial charge in [-0.2, -0.15) is 0 Å². The number of nitrogens with zero attached hydrogens (tertiary/aromatic N) is 4. The topological polar surface area (TPSA) is 96.3 Å². The van der Waals surface area contributed by atoms with Gasteiger partial charge in [0, 0.05) is 76.9 Å². The van der Waals surface area contributed by atoms with Crippen LogP contribution in [0.1, 0.15) is 37.8 Å². The average molecular weight is 497 g/mol. The second-order valence-corrected chi connectivity index (χ2v) is 9.61. The number of hydrogen-bond acceptors (Lipinski definition) is 7. The number of Topliss-reactive ketones (excluding diaryl/α,β-unsaturated/α-hetero) is 1. The molecule has 1 aliphatic rings. The van der Waals surface area contributed by atoms with E-state index in [0.717, 1.165) is 38.2 Å². The maximum Gasteiger partial charge on any atom is 0.334 e. The molecule has 1 aliphatic heterocycles. The molecule has 1 unspecified atom stereocenters. The van der Waals surface area contributed by atoms with Crippen LogP contribution < -0.4 is 0 Å². The number of aliphatic carboxylic acids is 1. The zero-order valence-corrected chi connectivity index (χ0v) is 20.9. The molecule has 0 amide bonds. The smallest absolute Gasteiger partial charge is 0.334 e. The van der Waals surface area contributed by atoms with Crippen LogP contribution in [-0.4, -0.2) is 36.7 Å². The van der Waals surface area contributed by atoms with Crippen molar-refractivity contribution in [1.82, 2.24) is 19.9 Å². The first kappa shape index (κ1) is 23.6. The van der Waals surface area contributed by atoms with Crippen LogP contribution in [0.15, 0.2) is 89.2 Å². The Labute approximate surface area is 212 Å². The molecule has 180 valence electrons. The van der Waals surface area contributed by atoms with Gasteiger partial charge in [-0.1, -0.05) is 12.1 Å². The number of carbonyl (C=O) groups excluding carboxylic acids is 1. The molecule has 5 rings (SSSR count). The molecule has 8 heteroatoms. The number of aromatic nitrogens is 3. The summed E-state index contributed by atoms with van der Waals surface area (Å²) in [7, 11) is 0. The number of fused-ring (bicyclic) bond motifs is 1. The summed E-state index contributed by atoms with van der Waals surface area (Å²) in [6.45, 7) is 5.58. The maximum absolute atomic E-state index is 13.0. The quantitative estimate of drug-likeness (QED) is 0.372. The minimum Gasteiger partial charge on any atom is -0.478 e. The SMILES string of the molecule is CC(=O)C1=C(C)N(Cc2cncc(-c3cccnc3)c2)C(C)=C(C(=O)O)C1c1csc2ncccc12. The Hall–Kier alpha value is -4.17. The van der Waals surface area contributed by atoms with Gasteiger partial charge in [0.1, 0.15) is 4.83 Å².